The SMILES string of the molecule is CCN(CC)CCOc1ccc(NC(=O)C#Cc2ccc(C(F)(F)F)cc2Cl)cc1F. The molecule has 0 unspecified atom stereocenters. The van der Waals surface area contributed by atoms with Crippen molar-refractivity contribution in [3.05, 3.63) is 58.4 Å². The van der Waals surface area contributed by atoms with Crippen LogP contribution in [0.3, 0.4) is 0 Å². The van der Waals surface area contributed by atoms with Crippen LogP contribution in [0.15, 0.2) is 36.4 Å². The molecule has 0 spiro atoms. The second-order valence-corrected chi connectivity index (χ2v) is 6.82. The van der Waals surface area contributed by atoms with E-state index in [1.165, 1.54) is 12.1 Å². The van der Waals surface area contributed by atoms with E-state index in [1.807, 2.05) is 13.8 Å². The molecule has 4 nitrogen and oxygen atoms in total. The minimum Gasteiger partial charge on any atom is -0.489 e. The van der Waals surface area contributed by atoms with Gasteiger partial charge in [0.25, 0.3) is 0 Å². The molecule has 2 aromatic carbocycles. The Labute approximate surface area is 183 Å². The number of nitrogens with zero attached hydrogens (tertiary/aromatic N) is 1. The summed E-state index contributed by atoms with van der Waals surface area (Å²) < 4.78 is 57.6. The molecule has 0 heterocycles. The quantitative estimate of drug-likeness (QED) is 0.459. The third-order valence-electron chi connectivity index (χ3n) is 4.36. The number of nitrogens with one attached hydrogen (secondary N) is 1. The van der Waals surface area contributed by atoms with E-state index in [2.05, 4.69) is 22.1 Å². The van der Waals surface area contributed by atoms with Gasteiger partial charge < -0.3 is 15.0 Å². The highest BCUT2D eigenvalue weighted by atomic mass is 35.5. The number of likely N-dealkylation sites (N-methyl/N-ethyl adjacent to an activating group) is 1. The number of amides is 1. The van der Waals surface area contributed by atoms with Crippen LogP contribution in [0, 0.1) is 17.7 Å². The van der Waals surface area contributed by atoms with Crippen LogP contribution in [0.1, 0.15) is 25.0 Å². The van der Waals surface area contributed by atoms with E-state index < -0.39 is 23.5 Å². The molecule has 1 N–H and O–H groups in total. The first-order chi connectivity index (χ1) is 14.6. The van der Waals surface area contributed by atoms with Crippen LogP contribution in [-0.4, -0.2) is 37.0 Å². The molecule has 0 aromatic heterocycles. The zero-order valence-electron chi connectivity index (χ0n) is 16.9. The largest absolute Gasteiger partial charge is 0.489 e. The lowest BCUT2D eigenvalue weighted by Gasteiger charge is -2.18. The predicted octanol–water partition coefficient (Wildman–Crippen LogP) is 5.21. The summed E-state index contributed by atoms with van der Waals surface area (Å²) in [6.45, 7) is 6.76. The Balaban J connectivity index is 1.98. The van der Waals surface area contributed by atoms with Gasteiger partial charge in [0.2, 0.25) is 0 Å². The summed E-state index contributed by atoms with van der Waals surface area (Å²) in [7, 11) is 0. The Morgan fingerprint density at radius 3 is 2.45 bits per heavy atom. The molecule has 31 heavy (non-hydrogen) atoms. The van der Waals surface area contributed by atoms with Gasteiger partial charge in [-0.05, 0) is 43.4 Å². The fraction of sp³-hybridized carbons (Fsp3) is 0.318. The number of rotatable bonds is 7. The number of anilines is 1. The lowest BCUT2D eigenvalue weighted by molar-refractivity contribution is -0.137. The van der Waals surface area contributed by atoms with Crippen molar-refractivity contribution in [2.75, 3.05) is 31.6 Å². The summed E-state index contributed by atoms with van der Waals surface area (Å²) in [6, 6.07) is 6.58. The molecule has 1 amide bonds. The Morgan fingerprint density at radius 1 is 1.16 bits per heavy atom. The summed E-state index contributed by atoms with van der Waals surface area (Å²) >= 11 is 5.80. The van der Waals surface area contributed by atoms with Crippen molar-refractivity contribution in [2.24, 2.45) is 0 Å². The smallest absolute Gasteiger partial charge is 0.416 e. The molecule has 0 bridgehead atoms. The molecule has 0 saturated heterocycles. The van der Waals surface area contributed by atoms with Crippen molar-refractivity contribution < 1.29 is 27.1 Å². The van der Waals surface area contributed by atoms with Gasteiger partial charge in [-0.2, -0.15) is 13.2 Å². The van der Waals surface area contributed by atoms with Crippen molar-refractivity contribution in [2.45, 2.75) is 20.0 Å². The van der Waals surface area contributed by atoms with E-state index in [4.69, 9.17) is 16.3 Å². The van der Waals surface area contributed by atoms with Gasteiger partial charge in [-0.3, -0.25) is 4.79 Å². The maximum Gasteiger partial charge on any atom is 0.416 e. The van der Waals surface area contributed by atoms with E-state index in [-0.39, 0.29) is 22.0 Å². The Bertz CT molecular complexity index is 980. The maximum absolute atomic E-state index is 14.2. The lowest BCUT2D eigenvalue weighted by atomic mass is 10.1. The minimum absolute atomic E-state index is 0.0628. The molecular formula is C22H21ClF4N2O2. The number of alkyl halides is 3. The monoisotopic (exact) mass is 456 g/mol. The first-order valence-electron chi connectivity index (χ1n) is 9.48. The molecule has 0 fully saturated rings. The van der Waals surface area contributed by atoms with Gasteiger partial charge >= 0.3 is 12.1 Å². The van der Waals surface area contributed by atoms with Gasteiger partial charge in [-0.1, -0.05) is 31.4 Å². The van der Waals surface area contributed by atoms with Gasteiger partial charge in [0, 0.05) is 29.8 Å². The molecule has 2 rings (SSSR count). The number of hydrogen-bond acceptors (Lipinski definition) is 3. The molecule has 0 saturated carbocycles. The highest BCUT2D eigenvalue weighted by molar-refractivity contribution is 6.31. The average Bonchev–Trinajstić information content (AvgIpc) is 2.71. The normalized spacial score (nSPS) is 11.1. The van der Waals surface area contributed by atoms with E-state index in [9.17, 15) is 22.4 Å². The Morgan fingerprint density at radius 2 is 1.87 bits per heavy atom. The third-order valence-corrected chi connectivity index (χ3v) is 4.67. The predicted molar refractivity (Wildman–Crippen MR) is 112 cm³/mol. The summed E-state index contributed by atoms with van der Waals surface area (Å²) in [5.41, 5.74) is -0.693. The summed E-state index contributed by atoms with van der Waals surface area (Å²) in [5, 5.41) is 2.16. The molecule has 9 heteroatoms. The topological polar surface area (TPSA) is 41.6 Å². The summed E-state index contributed by atoms with van der Waals surface area (Å²) in [6.07, 6.45) is -4.53. The standard InChI is InChI=1S/C22H21ClF4N2O2/c1-3-29(4-2)11-12-31-20-9-8-17(14-19(20)24)28-21(30)10-6-15-5-7-16(13-18(15)23)22(25,26)27/h5,7-9,13-14H,3-4,11-12H2,1-2H3,(H,28,30). The fourth-order valence-electron chi connectivity index (χ4n) is 2.60. The van der Waals surface area contributed by atoms with Gasteiger partial charge in [0.15, 0.2) is 11.6 Å². The number of halogens is 5. The Hall–Kier alpha value is -2.76. The second kappa shape index (κ2) is 11.0. The number of hydrogen-bond donors (Lipinski definition) is 1. The van der Waals surface area contributed by atoms with E-state index in [1.54, 1.807) is 0 Å². The van der Waals surface area contributed by atoms with E-state index >= 15 is 0 Å². The molecule has 0 atom stereocenters. The number of carbonyl (C=O) groups is 1. The lowest BCUT2D eigenvalue weighted by Crippen LogP contribution is -2.28. The zero-order chi connectivity index (χ0) is 23.0. The van der Waals surface area contributed by atoms with Crippen LogP contribution in [0.2, 0.25) is 5.02 Å². The van der Waals surface area contributed by atoms with Crippen molar-refractivity contribution in [1.82, 2.24) is 4.90 Å². The highest BCUT2D eigenvalue weighted by Gasteiger charge is 2.30. The van der Waals surface area contributed by atoms with Gasteiger partial charge in [-0.25, -0.2) is 4.39 Å². The van der Waals surface area contributed by atoms with Crippen molar-refractivity contribution in [3.63, 3.8) is 0 Å². The average molecular weight is 457 g/mol. The van der Waals surface area contributed by atoms with E-state index in [0.717, 1.165) is 37.4 Å². The van der Waals surface area contributed by atoms with Crippen LogP contribution in [0.4, 0.5) is 23.2 Å². The highest BCUT2D eigenvalue weighted by Crippen LogP contribution is 2.31. The second-order valence-electron chi connectivity index (χ2n) is 6.42. The molecule has 166 valence electrons. The fourth-order valence-corrected chi connectivity index (χ4v) is 2.83. The number of ether oxygens (including phenoxy) is 1. The molecule has 0 aliphatic carbocycles. The number of carbonyl (C=O) groups excluding carboxylic acids is 1. The van der Waals surface area contributed by atoms with Crippen LogP contribution in [0.25, 0.3) is 0 Å². The maximum atomic E-state index is 14.2. The molecule has 0 aliphatic rings. The minimum atomic E-state index is -4.53. The van der Waals surface area contributed by atoms with Crippen LogP contribution < -0.4 is 10.1 Å². The van der Waals surface area contributed by atoms with Crippen LogP contribution in [0.5, 0.6) is 5.75 Å². The zero-order valence-corrected chi connectivity index (χ0v) is 17.7. The Kier molecular flexibility index (Phi) is 8.72. The van der Waals surface area contributed by atoms with Gasteiger partial charge in [0.05, 0.1) is 10.6 Å². The molecule has 2 aromatic rings. The van der Waals surface area contributed by atoms with Crippen molar-refractivity contribution in [3.8, 4) is 17.6 Å². The van der Waals surface area contributed by atoms with Crippen LogP contribution >= 0.6 is 11.6 Å². The first-order valence-corrected chi connectivity index (χ1v) is 9.86. The summed E-state index contributed by atoms with van der Waals surface area (Å²) in [4.78, 5) is 14.1. The summed E-state index contributed by atoms with van der Waals surface area (Å²) in [5.74, 6) is 3.27. The van der Waals surface area contributed by atoms with Crippen molar-refractivity contribution in [1.29, 1.82) is 0 Å². The molecule has 0 aliphatic heterocycles. The van der Waals surface area contributed by atoms with Crippen molar-refractivity contribution >= 4 is 23.2 Å². The van der Waals surface area contributed by atoms with E-state index in [0.29, 0.717) is 13.2 Å². The number of benzene rings is 2. The molecule has 0 radical (unpaired) electrons. The molecular weight excluding hydrogens is 436 g/mol. The van der Waals surface area contributed by atoms with Crippen LogP contribution in [-0.2, 0) is 11.0 Å². The first kappa shape index (κ1) is 24.5. The van der Waals surface area contributed by atoms with Gasteiger partial charge in [-0.15, -0.1) is 0 Å². The van der Waals surface area contributed by atoms with Gasteiger partial charge in [0.1, 0.15) is 6.61 Å². The third kappa shape index (κ3) is 7.46.